The van der Waals surface area contributed by atoms with E-state index in [1.165, 1.54) is 0 Å². The summed E-state index contributed by atoms with van der Waals surface area (Å²) in [5.74, 6) is 1.89. The first kappa shape index (κ1) is 14.4. The second-order valence-electron chi connectivity index (χ2n) is 5.45. The highest BCUT2D eigenvalue weighted by Gasteiger charge is 2.15. The van der Waals surface area contributed by atoms with Gasteiger partial charge in [0.1, 0.15) is 11.6 Å². The summed E-state index contributed by atoms with van der Waals surface area (Å²) in [5, 5.41) is 9.83. The number of hydrogen-bond acceptors (Lipinski definition) is 5. The molecule has 0 saturated carbocycles. The minimum Gasteiger partial charge on any atom is -0.493 e. The van der Waals surface area contributed by atoms with Gasteiger partial charge in [0.25, 0.3) is 5.91 Å². The topological polar surface area (TPSA) is 92.8 Å². The molecule has 2 N–H and O–H groups in total. The number of aromatic nitrogens is 4. The fourth-order valence-corrected chi connectivity index (χ4v) is 2.60. The molecule has 3 aromatic rings. The van der Waals surface area contributed by atoms with Gasteiger partial charge in [0, 0.05) is 29.9 Å². The van der Waals surface area contributed by atoms with Gasteiger partial charge in [-0.25, -0.2) is 4.98 Å². The van der Waals surface area contributed by atoms with Crippen LogP contribution in [-0.4, -0.2) is 32.7 Å². The number of rotatable bonds is 4. The van der Waals surface area contributed by atoms with Crippen LogP contribution in [0, 0.1) is 0 Å². The Balaban J connectivity index is 1.42. The molecular weight excluding hydrogens is 306 g/mol. The normalized spacial score (nSPS) is 12.5. The zero-order valence-electron chi connectivity index (χ0n) is 12.8. The molecule has 24 heavy (non-hydrogen) atoms. The number of nitrogens with zero attached hydrogens (tertiary/aromatic N) is 3. The molecule has 1 amide bonds. The number of pyridine rings is 1. The number of hydrogen-bond donors (Lipinski definition) is 2. The number of nitrogens with one attached hydrogen (secondary N) is 2. The maximum Gasteiger partial charge on any atom is 0.251 e. The van der Waals surface area contributed by atoms with Gasteiger partial charge in [-0.3, -0.25) is 14.9 Å². The van der Waals surface area contributed by atoms with Crippen molar-refractivity contribution in [1.82, 2.24) is 25.5 Å². The number of amides is 1. The van der Waals surface area contributed by atoms with Gasteiger partial charge < -0.3 is 10.1 Å². The second-order valence-corrected chi connectivity index (χ2v) is 5.45. The fourth-order valence-electron chi connectivity index (χ4n) is 2.60. The summed E-state index contributed by atoms with van der Waals surface area (Å²) in [6.07, 6.45) is 4.21. The molecule has 0 aliphatic carbocycles. The van der Waals surface area contributed by atoms with Crippen LogP contribution < -0.4 is 10.1 Å². The Morgan fingerprint density at radius 3 is 3.00 bits per heavy atom. The third-order valence-corrected chi connectivity index (χ3v) is 3.84. The predicted molar refractivity (Wildman–Crippen MR) is 86.4 cm³/mol. The predicted octanol–water partition coefficient (Wildman–Crippen LogP) is 1.73. The molecule has 4 rings (SSSR count). The van der Waals surface area contributed by atoms with Crippen LogP contribution in [0.4, 0.5) is 0 Å². The van der Waals surface area contributed by atoms with Crippen LogP contribution in [0.15, 0.2) is 42.7 Å². The van der Waals surface area contributed by atoms with Gasteiger partial charge in [-0.2, -0.15) is 5.10 Å². The van der Waals surface area contributed by atoms with Crippen LogP contribution in [-0.2, 0) is 13.0 Å². The SMILES string of the molecule is O=C(NCc1nc(-c2ccncc2)n[nH]1)c1ccc2c(c1)CCO2. The van der Waals surface area contributed by atoms with E-state index < -0.39 is 0 Å². The Labute approximate surface area is 138 Å². The monoisotopic (exact) mass is 321 g/mol. The van der Waals surface area contributed by atoms with Gasteiger partial charge in [-0.1, -0.05) is 0 Å². The number of ether oxygens (including phenoxy) is 1. The average molecular weight is 321 g/mol. The lowest BCUT2D eigenvalue weighted by Gasteiger charge is -2.05. The third-order valence-electron chi connectivity index (χ3n) is 3.84. The van der Waals surface area contributed by atoms with E-state index in [1.54, 1.807) is 18.5 Å². The molecule has 0 bridgehead atoms. The van der Waals surface area contributed by atoms with E-state index in [-0.39, 0.29) is 12.5 Å². The number of carbonyl (C=O) groups is 1. The Bertz CT molecular complexity index is 876. The third kappa shape index (κ3) is 2.83. The molecule has 1 aliphatic rings. The summed E-state index contributed by atoms with van der Waals surface area (Å²) in [7, 11) is 0. The summed E-state index contributed by atoms with van der Waals surface area (Å²) in [4.78, 5) is 20.6. The van der Waals surface area contributed by atoms with Crippen LogP contribution in [0.2, 0.25) is 0 Å². The van der Waals surface area contributed by atoms with Crippen molar-refractivity contribution in [2.75, 3.05) is 6.61 Å². The van der Waals surface area contributed by atoms with E-state index in [0.29, 0.717) is 23.8 Å². The first-order valence-corrected chi connectivity index (χ1v) is 7.65. The lowest BCUT2D eigenvalue weighted by atomic mass is 10.1. The van der Waals surface area contributed by atoms with Crippen molar-refractivity contribution < 1.29 is 9.53 Å². The minimum atomic E-state index is -0.147. The zero-order chi connectivity index (χ0) is 16.4. The minimum absolute atomic E-state index is 0.147. The molecule has 0 fully saturated rings. The fraction of sp³-hybridized carbons (Fsp3) is 0.176. The van der Waals surface area contributed by atoms with Crippen molar-refractivity contribution in [2.24, 2.45) is 0 Å². The van der Waals surface area contributed by atoms with Gasteiger partial charge in [0.05, 0.1) is 13.2 Å². The number of carbonyl (C=O) groups excluding carboxylic acids is 1. The molecule has 7 nitrogen and oxygen atoms in total. The van der Waals surface area contributed by atoms with Crippen LogP contribution in [0.5, 0.6) is 5.75 Å². The van der Waals surface area contributed by atoms with Crippen LogP contribution in [0.1, 0.15) is 21.7 Å². The van der Waals surface area contributed by atoms with E-state index in [1.807, 2.05) is 24.3 Å². The van der Waals surface area contributed by atoms with Crippen molar-refractivity contribution in [3.05, 3.63) is 59.7 Å². The van der Waals surface area contributed by atoms with Gasteiger partial charge >= 0.3 is 0 Å². The number of fused-ring (bicyclic) bond motifs is 1. The van der Waals surface area contributed by atoms with Crippen molar-refractivity contribution in [3.8, 4) is 17.1 Å². The Morgan fingerprint density at radius 1 is 1.25 bits per heavy atom. The molecule has 0 unspecified atom stereocenters. The molecule has 0 saturated heterocycles. The maximum atomic E-state index is 12.3. The molecule has 2 aromatic heterocycles. The van der Waals surface area contributed by atoms with Gasteiger partial charge in [-0.15, -0.1) is 0 Å². The Kier molecular flexibility index (Phi) is 3.66. The first-order valence-electron chi connectivity index (χ1n) is 7.65. The quantitative estimate of drug-likeness (QED) is 0.763. The molecule has 1 aliphatic heterocycles. The molecular formula is C17H15N5O2. The molecule has 0 spiro atoms. The molecule has 0 radical (unpaired) electrons. The van der Waals surface area contributed by atoms with Gasteiger partial charge in [0.15, 0.2) is 5.82 Å². The largest absolute Gasteiger partial charge is 0.493 e. The second kappa shape index (κ2) is 6.11. The lowest BCUT2D eigenvalue weighted by Crippen LogP contribution is -2.23. The lowest BCUT2D eigenvalue weighted by molar-refractivity contribution is 0.0950. The molecule has 3 heterocycles. The van der Waals surface area contributed by atoms with Crippen molar-refractivity contribution in [3.63, 3.8) is 0 Å². The van der Waals surface area contributed by atoms with Crippen LogP contribution in [0.25, 0.3) is 11.4 Å². The molecule has 1 aromatic carbocycles. The smallest absolute Gasteiger partial charge is 0.251 e. The van der Waals surface area contributed by atoms with E-state index in [2.05, 4.69) is 25.5 Å². The number of benzene rings is 1. The van der Waals surface area contributed by atoms with E-state index in [4.69, 9.17) is 4.74 Å². The van der Waals surface area contributed by atoms with E-state index >= 15 is 0 Å². The summed E-state index contributed by atoms with van der Waals surface area (Å²) >= 11 is 0. The van der Waals surface area contributed by atoms with Crippen molar-refractivity contribution in [2.45, 2.75) is 13.0 Å². The highest BCUT2D eigenvalue weighted by atomic mass is 16.5. The van der Waals surface area contributed by atoms with Crippen LogP contribution in [0.3, 0.4) is 0 Å². The molecule has 7 heteroatoms. The number of H-pyrrole nitrogens is 1. The van der Waals surface area contributed by atoms with Crippen LogP contribution >= 0.6 is 0 Å². The average Bonchev–Trinajstić information content (AvgIpc) is 3.29. The zero-order valence-corrected chi connectivity index (χ0v) is 12.8. The Hall–Kier alpha value is -3.22. The maximum absolute atomic E-state index is 12.3. The van der Waals surface area contributed by atoms with E-state index in [0.717, 1.165) is 23.3 Å². The summed E-state index contributed by atoms with van der Waals surface area (Å²) < 4.78 is 5.45. The molecule has 0 atom stereocenters. The highest BCUT2D eigenvalue weighted by Crippen LogP contribution is 2.25. The Morgan fingerprint density at radius 2 is 2.12 bits per heavy atom. The van der Waals surface area contributed by atoms with E-state index in [9.17, 15) is 4.79 Å². The van der Waals surface area contributed by atoms with Crippen molar-refractivity contribution >= 4 is 5.91 Å². The summed E-state index contributed by atoms with van der Waals surface area (Å²) in [5.41, 5.74) is 2.56. The highest BCUT2D eigenvalue weighted by molar-refractivity contribution is 5.94. The van der Waals surface area contributed by atoms with Gasteiger partial charge in [-0.05, 0) is 35.9 Å². The van der Waals surface area contributed by atoms with Crippen molar-refractivity contribution in [1.29, 1.82) is 0 Å². The summed E-state index contributed by atoms with van der Waals surface area (Å²) in [6.45, 7) is 0.959. The molecule has 120 valence electrons. The first-order chi connectivity index (χ1) is 11.8. The van der Waals surface area contributed by atoms with Gasteiger partial charge in [0.2, 0.25) is 0 Å². The standard InChI is InChI=1S/C17H15N5O2/c23-17(13-1-2-14-12(9-13)5-8-24-14)19-10-15-20-16(22-21-15)11-3-6-18-7-4-11/h1-4,6-7,9H,5,8,10H2,(H,19,23)(H,20,21,22). The number of aromatic amines is 1. The summed E-state index contributed by atoms with van der Waals surface area (Å²) in [6, 6.07) is 9.15.